The molecule has 0 radical (unpaired) electrons. The molecule has 0 atom stereocenters. The molecule has 0 unspecified atom stereocenters. The number of hydrogen-bond donors (Lipinski definition) is 1. The maximum absolute atomic E-state index is 12.2. The quantitative estimate of drug-likeness (QED) is 0.927. The highest BCUT2D eigenvalue weighted by atomic mass is 32.2. The zero-order valence-electron chi connectivity index (χ0n) is 8.53. The van der Waals surface area contributed by atoms with Gasteiger partial charge in [-0.25, -0.2) is 13.2 Å². The van der Waals surface area contributed by atoms with Gasteiger partial charge in [-0.2, -0.15) is 0 Å². The van der Waals surface area contributed by atoms with Gasteiger partial charge in [-0.15, -0.1) is 11.3 Å². The lowest BCUT2D eigenvalue weighted by Crippen LogP contribution is -2.06. The number of hydrogen-bond acceptors (Lipinski definition) is 4. The van der Waals surface area contributed by atoms with Gasteiger partial charge in [0.05, 0.1) is 10.5 Å². The molecule has 0 saturated carbocycles. The van der Waals surface area contributed by atoms with E-state index in [0.717, 1.165) is 11.3 Å². The maximum atomic E-state index is 12.2. The van der Waals surface area contributed by atoms with Crippen molar-refractivity contribution in [3.05, 3.63) is 47.3 Å². The zero-order chi connectivity index (χ0) is 12.5. The van der Waals surface area contributed by atoms with Crippen LogP contribution >= 0.6 is 11.3 Å². The number of carboxylic acid groups (broad SMARTS) is 1. The largest absolute Gasteiger partial charge is 0.478 e. The highest BCUT2D eigenvalue weighted by Crippen LogP contribution is 2.28. The van der Waals surface area contributed by atoms with Crippen LogP contribution < -0.4 is 0 Å². The lowest BCUT2D eigenvalue weighted by molar-refractivity contribution is 0.0693. The highest BCUT2D eigenvalue weighted by Gasteiger charge is 2.25. The molecule has 17 heavy (non-hydrogen) atoms. The Hall–Kier alpha value is -1.66. The van der Waals surface area contributed by atoms with Gasteiger partial charge in [0.25, 0.3) is 0 Å². The summed E-state index contributed by atoms with van der Waals surface area (Å²) in [7, 11) is -3.73. The number of benzene rings is 1. The van der Waals surface area contributed by atoms with Crippen molar-refractivity contribution in [1.82, 2.24) is 0 Å². The topological polar surface area (TPSA) is 71.4 Å². The predicted molar refractivity (Wildman–Crippen MR) is 63.2 cm³/mol. The summed E-state index contributed by atoms with van der Waals surface area (Å²) in [5, 5.41) is 10.4. The number of rotatable bonds is 3. The summed E-state index contributed by atoms with van der Waals surface area (Å²) in [4.78, 5) is 11.0. The molecular formula is C11H8O4S2. The van der Waals surface area contributed by atoms with E-state index in [-0.39, 0.29) is 14.7 Å². The average molecular weight is 268 g/mol. The Bertz CT molecular complexity index is 641. The maximum Gasteiger partial charge on any atom is 0.337 e. The molecule has 4 nitrogen and oxygen atoms in total. The number of sulfone groups is 1. The summed E-state index contributed by atoms with van der Waals surface area (Å²) in [6, 6.07) is 9.08. The Kier molecular flexibility index (Phi) is 2.99. The summed E-state index contributed by atoms with van der Waals surface area (Å²) < 4.78 is 24.2. The number of thiophene rings is 1. The van der Waals surface area contributed by atoms with Gasteiger partial charge in [-0.05, 0) is 23.6 Å². The summed E-state index contributed by atoms with van der Waals surface area (Å²) in [6.45, 7) is 0. The molecule has 6 heteroatoms. The van der Waals surface area contributed by atoms with Gasteiger partial charge in [0.15, 0.2) is 0 Å². The second-order valence-corrected chi connectivity index (χ2v) is 6.30. The average Bonchev–Trinajstić information content (AvgIpc) is 2.80. The van der Waals surface area contributed by atoms with Crippen molar-refractivity contribution in [3.63, 3.8) is 0 Å². The molecular weight excluding hydrogens is 260 g/mol. The minimum Gasteiger partial charge on any atom is -0.478 e. The van der Waals surface area contributed by atoms with Crippen LogP contribution in [-0.2, 0) is 9.84 Å². The molecule has 0 aliphatic rings. The van der Waals surface area contributed by atoms with Crippen molar-refractivity contribution in [2.24, 2.45) is 0 Å². The Balaban J connectivity index is 2.61. The SMILES string of the molecule is O=C(O)c1ccsc1S(=O)(=O)c1ccccc1. The first kappa shape index (κ1) is 11.8. The Morgan fingerprint density at radius 2 is 1.76 bits per heavy atom. The van der Waals surface area contributed by atoms with Crippen LogP contribution in [0.25, 0.3) is 0 Å². The number of carbonyl (C=O) groups is 1. The molecule has 1 aromatic heterocycles. The second-order valence-electron chi connectivity index (χ2n) is 3.24. The van der Waals surface area contributed by atoms with E-state index in [1.54, 1.807) is 18.2 Å². The molecule has 0 fully saturated rings. The normalized spacial score (nSPS) is 11.3. The third-order valence-electron chi connectivity index (χ3n) is 2.16. The molecule has 88 valence electrons. The standard InChI is InChI=1S/C11H8O4S2/c12-10(13)9-6-7-16-11(9)17(14,15)8-4-2-1-3-5-8/h1-7H,(H,12,13). The highest BCUT2D eigenvalue weighted by molar-refractivity contribution is 7.93. The first-order valence-corrected chi connectivity index (χ1v) is 7.00. The zero-order valence-corrected chi connectivity index (χ0v) is 10.2. The van der Waals surface area contributed by atoms with Crippen molar-refractivity contribution in [2.45, 2.75) is 9.10 Å². The third kappa shape index (κ3) is 2.09. The van der Waals surface area contributed by atoms with Crippen molar-refractivity contribution in [2.75, 3.05) is 0 Å². The van der Waals surface area contributed by atoms with Crippen molar-refractivity contribution >= 4 is 27.1 Å². The van der Waals surface area contributed by atoms with Crippen LogP contribution in [0.4, 0.5) is 0 Å². The van der Waals surface area contributed by atoms with Crippen LogP contribution in [0.2, 0.25) is 0 Å². The van der Waals surface area contributed by atoms with Crippen LogP contribution in [0, 0.1) is 0 Å². The van der Waals surface area contributed by atoms with Crippen molar-refractivity contribution < 1.29 is 18.3 Å². The van der Waals surface area contributed by atoms with Gasteiger partial charge in [0.2, 0.25) is 9.84 Å². The van der Waals surface area contributed by atoms with Crippen LogP contribution in [0.15, 0.2) is 50.9 Å². The van der Waals surface area contributed by atoms with Gasteiger partial charge >= 0.3 is 5.97 Å². The minimum absolute atomic E-state index is 0.102. The molecule has 1 heterocycles. The molecule has 1 N–H and O–H groups in total. The van der Waals surface area contributed by atoms with Crippen LogP contribution in [0.5, 0.6) is 0 Å². The van der Waals surface area contributed by atoms with Gasteiger partial charge in [-0.3, -0.25) is 0 Å². The van der Waals surface area contributed by atoms with Crippen molar-refractivity contribution in [1.29, 1.82) is 0 Å². The molecule has 0 aliphatic heterocycles. The fraction of sp³-hybridized carbons (Fsp3) is 0. The van der Waals surface area contributed by atoms with Gasteiger partial charge < -0.3 is 5.11 Å². The van der Waals surface area contributed by atoms with Crippen LogP contribution in [0.1, 0.15) is 10.4 Å². The van der Waals surface area contributed by atoms with Crippen LogP contribution in [-0.4, -0.2) is 19.5 Å². The fourth-order valence-corrected chi connectivity index (χ4v) is 4.12. The molecule has 1 aromatic carbocycles. The van der Waals surface area contributed by atoms with Gasteiger partial charge in [0.1, 0.15) is 4.21 Å². The van der Waals surface area contributed by atoms with E-state index in [9.17, 15) is 13.2 Å². The lowest BCUT2D eigenvalue weighted by atomic mass is 10.3. The van der Waals surface area contributed by atoms with Gasteiger partial charge in [0, 0.05) is 0 Å². The van der Waals surface area contributed by atoms with E-state index in [0.29, 0.717) is 0 Å². The van der Waals surface area contributed by atoms with Gasteiger partial charge in [-0.1, -0.05) is 18.2 Å². The van der Waals surface area contributed by atoms with E-state index in [1.165, 1.54) is 23.6 Å². The predicted octanol–water partition coefficient (Wildman–Crippen LogP) is 2.28. The molecule has 2 rings (SSSR count). The van der Waals surface area contributed by atoms with E-state index in [1.807, 2.05) is 0 Å². The fourth-order valence-electron chi connectivity index (χ4n) is 1.37. The summed E-state index contributed by atoms with van der Waals surface area (Å²) in [5.41, 5.74) is -0.182. The summed E-state index contributed by atoms with van der Waals surface area (Å²) >= 11 is 0.911. The Labute approximate surface area is 102 Å². The van der Waals surface area contributed by atoms with E-state index >= 15 is 0 Å². The second kappa shape index (κ2) is 4.31. The molecule has 0 aliphatic carbocycles. The summed E-state index contributed by atoms with van der Waals surface area (Å²) in [5.74, 6) is -1.24. The Morgan fingerprint density at radius 1 is 1.12 bits per heavy atom. The number of aromatic carboxylic acids is 1. The molecule has 0 spiro atoms. The minimum atomic E-state index is -3.73. The van der Waals surface area contributed by atoms with E-state index in [4.69, 9.17) is 5.11 Å². The number of carboxylic acids is 1. The van der Waals surface area contributed by atoms with Crippen LogP contribution in [0.3, 0.4) is 0 Å². The smallest absolute Gasteiger partial charge is 0.337 e. The first-order chi connectivity index (χ1) is 8.03. The lowest BCUT2D eigenvalue weighted by Gasteiger charge is -2.02. The van der Waals surface area contributed by atoms with Crippen molar-refractivity contribution in [3.8, 4) is 0 Å². The van der Waals surface area contributed by atoms with E-state index < -0.39 is 15.8 Å². The monoisotopic (exact) mass is 268 g/mol. The molecule has 0 bridgehead atoms. The third-order valence-corrected chi connectivity index (χ3v) is 5.41. The van der Waals surface area contributed by atoms with E-state index in [2.05, 4.69) is 0 Å². The first-order valence-electron chi connectivity index (χ1n) is 4.64. The Morgan fingerprint density at radius 3 is 2.35 bits per heavy atom. The summed E-state index contributed by atoms with van der Waals surface area (Å²) in [6.07, 6.45) is 0. The molecule has 2 aromatic rings. The molecule has 0 saturated heterocycles. The molecule has 0 amide bonds.